The predicted octanol–water partition coefficient (Wildman–Crippen LogP) is 32.6. The van der Waals surface area contributed by atoms with E-state index >= 15 is 0 Å². The Balaban J connectivity index is 1.14. The molecule has 5 nitrogen and oxygen atoms in total. The lowest BCUT2D eigenvalue weighted by Crippen LogP contribution is -2.61. The minimum Gasteiger partial charge on any atom is -0.310 e. The number of hydrogen-bond acceptors (Lipinski definition) is 3. The molecule has 0 saturated heterocycles. The Kier molecular flexibility index (Phi) is 21.3. The first-order valence-corrected chi connectivity index (χ1v) is 46.1. The molecule has 0 spiro atoms. The SMILES string of the molecule is [C-]#[N+]c1ccc(-c2cc(-c3cc(C(C)(C)C)cc(C(C)(C)C)c3)c(N3c4cc(-n5c6ccccc6c6ccccc65)ccc4B4c5ccc(-c6ccccc6)cc5N(c5c(-c6cc(C(C)(C)C)cc(C(C)(C)C)c6)cc(-c6ccc(C#N)cc6)cc5-c5cc(C(C)(C)C)cc(C(C)(C)C)c5)c5cc(C(C)(C)C)cc3c54)c(-c3cc(C(C)(C)C)cc(C(C)(C)C)c3)c2)cc1. The van der Waals surface area contributed by atoms with Gasteiger partial charge in [0.15, 0.2) is 5.69 Å². The largest absolute Gasteiger partial charge is 0.310 e. The third-order valence-electron chi connectivity index (χ3n) is 27.1. The Bertz CT molecular complexity index is 6670. The van der Waals surface area contributed by atoms with E-state index in [4.69, 9.17) is 6.57 Å². The summed E-state index contributed by atoms with van der Waals surface area (Å²) in [7, 11) is 0. The van der Waals surface area contributed by atoms with Crippen molar-refractivity contribution >= 4 is 84.7 Å². The Morgan fingerprint density at radius 2 is 0.562 bits per heavy atom. The Labute approximate surface area is 764 Å². The van der Waals surface area contributed by atoms with E-state index < -0.39 is 5.41 Å². The van der Waals surface area contributed by atoms with Crippen LogP contribution >= 0.6 is 0 Å². The molecule has 0 saturated carbocycles. The predicted molar refractivity (Wildman–Crippen MR) is 552 cm³/mol. The van der Waals surface area contributed by atoms with Crippen LogP contribution in [0.1, 0.15) is 243 Å². The summed E-state index contributed by atoms with van der Waals surface area (Å²) < 4.78 is 2.52. The maximum atomic E-state index is 10.5. The minimum absolute atomic E-state index is 0.246. The topological polar surface area (TPSA) is 39.6 Å². The summed E-state index contributed by atoms with van der Waals surface area (Å²) in [6.45, 7) is 72.0. The van der Waals surface area contributed by atoms with Crippen molar-refractivity contribution in [1.29, 1.82) is 5.26 Å². The van der Waals surface area contributed by atoms with Crippen molar-refractivity contribution in [3.05, 3.63) is 340 Å². The number of aromatic nitrogens is 1. The molecule has 15 aromatic rings. The van der Waals surface area contributed by atoms with Crippen LogP contribution < -0.4 is 26.2 Å². The van der Waals surface area contributed by atoms with E-state index in [0.717, 1.165) is 129 Å². The summed E-state index contributed by atoms with van der Waals surface area (Å²) >= 11 is 0. The van der Waals surface area contributed by atoms with Crippen LogP contribution in [0.5, 0.6) is 0 Å². The molecule has 2 aliphatic rings. The van der Waals surface area contributed by atoms with E-state index in [9.17, 15) is 5.26 Å². The van der Waals surface area contributed by atoms with E-state index in [-0.39, 0.29) is 50.0 Å². The van der Waals surface area contributed by atoms with Gasteiger partial charge in [-0.3, -0.25) is 0 Å². The molecular formula is C122H126BN5. The van der Waals surface area contributed by atoms with Crippen molar-refractivity contribution in [3.63, 3.8) is 0 Å². The highest BCUT2D eigenvalue weighted by Crippen LogP contribution is 2.58. The van der Waals surface area contributed by atoms with Crippen molar-refractivity contribution in [2.24, 2.45) is 0 Å². The highest BCUT2D eigenvalue weighted by molar-refractivity contribution is 7.00. The molecule has 0 atom stereocenters. The number of para-hydroxylation sites is 2. The molecule has 2 aliphatic heterocycles. The fourth-order valence-corrected chi connectivity index (χ4v) is 19.1. The van der Waals surface area contributed by atoms with E-state index in [1.807, 2.05) is 24.3 Å². The van der Waals surface area contributed by atoms with Gasteiger partial charge in [0.25, 0.3) is 6.71 Å². The van der Waals surface area contributed by atoms with Crippen LogP contribution in [-0.4, -0.2) is 11.3 Å². The monoisotopic (exact) mass is 1670 g/mol. The Morgan fingerprint density at radius 1 is 0.266 bits per heavy atom. The van der Waals surface area contributed by atoms with Crippen molar-refractivity contribution < 1.29 is 0 Å². The van der Waals surface area contributed by atoms with Crippen LogP contribution in [0, 0.1) is 17.9 Å². The fraction of sp³-hybridized carbons (Fsp3) is 0.295. The summed E-state index contributed by atoms with van der Waals surface area (Å²) in [6.07, 6.45) is 0. The average molecular weight is 1670 g/mol. The van der Waals surface area contributed by atoms with E-state index in [2.05, 4.69) is 461 Å². The molecule has 17 rings (SSSR count). The van der Waals surface area contributed by atoms with Gasteiger partial charge in [0, 0.05) is 61.5 Å². The summed E-state index contributed by atoms with van der Waals surface area (Å²) in [4.78, 5) is 9.55. The zero-order valence-electron chi connectivity index (χ0n) is 80.8. The second-order valence-electron chi connectivity index (χ2n) is 45.9. The highest BCUT2D eigenvalue weighted by Gasteiger charge is 2.47. The number of anilines is 6. The van der Waals surface area contributed by atoms with Crippen molar-refractivity contribution in [1.82, 2.24) is 4.57 Å². The molecule has 14 aromatic carbocycles. The maximum Gasteiger partial charge on any atom is 0.252 e. The normalized spacial score (nSPS) is 13.4. The lowest BCUT2D eigenvalue weighted by Gasteiger charge is -2.47. The van der Waals surface area contributed by atoms with Crippen LogP contribution in [0.4, 0.5) is 39.8 Å². The average Bonchev–Trinajstić information content (AvgIpc) is 0.722. The van der Waals surface area contributed by atoms with Gasteiger partial charge in [-0.1, -0.05) is 381 Å². The molecule has 3 heterocycles. The maximum absolute atomic E-state index is 10.5. The van der Waals surface area contributed by atoms with Crippen LogP contribution in [0.2, 0.25) is 0 Å². The Hall–Kier alpha value is -12.5. The Morgan fingerprint density at radius 3 is 0.898 bits per heavy atom. The van der Waals surface area contributed by atoms with Gasteiger partial charge in [0.2, 0.25) is 0 Å². The molecule has 0 radical (unpaired) electrons. The van der Waals surface area contributed by atoms with Gasteiger partial charge in [-0.05, 0) is 250 Å². The summed E-state index contributed by atoms with van der Waals surface area (Å²) in [5.41, 5.74) is 38.8. The number of nitrogens with zero attached hydrogens (tertiary/aromatic N) is 5. The zero-order chi connectivity index (χ0) is 91.6. The van der Waals surface area contributed by atoms with Gasteiger partial charge in [-0.25, -0.2) is 4.85 Å². The molecule has 642 valence electrons. The summed E-state index contributed by atoms with van der Waals surface area (Å²) in [6, 6.07) is 108. The molecule has 0 N–H and O–H groups in total. The van der Waals surface area contributed by atoms with Gasteiger partial charge >= 0.3 is 0 Å². The van der Waals surface area contributed by atoms with Crippen molar-refractivity contribution in [2.45, 2.75) is 236 Å². The highest BCUT2D eigenvalue weighted by atomic mass is 15.2. The van der Waals surface area contributed by atoms with Crippen LogP contribution in [0.3, 0.4) is 0 Å². The van der Waals surface area contributed by atoms with E-state index in [1.54, 1.807) is 0 Å². The second kappa shape index (κ2) is 31.2. The van der Waals surface area contributed by atoms with Gasteiger partial charge in [-0.2, -0.15) is 5.26 Å². The quantitative estimate of drug-likeness (QED) is 0.101. The third-order valence-corrected chi connectivity index (χ3v) is 27.1. The lowest BCUT2D eigenvalue weighted by molar-refractivity contribution is 0.568. The molecule has 0 unspecified atom stereocenters. The molecule has 0 bridgehead atoms. The fourth-order valence-electron chi connectivity index (χ4n) is 19.1. The molecule has 0 aliphatic carbocycles. The van der Waals surface area contributed by atoms with Crippen LogP contribution in [-0.2, 0) is 48.7 Å². The molecule has 128 heavy (non-hydrogen) atoms. The van der Waals surface area contributed by atoms with Gasteiger partial charge in [0.1, 0.15) is 0 Å². The van der Waals surface area contributed by atoms with E-state index in [0.29, 0.717) is 11.3 Å². The first kappa shape index (κ1) is 87.6. The van der Waals surface area contributed by atoms with Crippen molar-refractivity contribution in [2.75, 3.05) is 9.80 Å². The lowest BCUT2D eigenvalue weighted by atomic mass is 9.33. The van der Waals surface area contributed by atoms with Crippen molar-refractivity contribution in [3.8, 4) is 89.6 Å². The molecular weight excluding hydrogens is 1550 g/mol. The third kappa shape index (κ3) is 16.2. The number of rotatable bonds is 10. The van der Waals surface area contributed by atoms with Gasteiger partial charge in [-0.15, -0.1) is 0 Å². The zero-order valence-corrected chi connectivity index (χ0v) is 80.8. The number of benzene rings is 14. The second-order valence-corrected chi connectivity index (χ2v) is 45.9. The number of hydrogen-bond donors (Lipinski definition) is 0. The molecule has 0 amide bonds. The molecule has 6 heteroatoms. The van der Waals surface area contributed by atoms with Gasteiger partial charge < -0.3 is 14.4 Å². The summed E-state index contributed by atoms with van der Waals surface area (Å²) in [5.74, 6) is 0. The standard InChI is InChI=1S/C122H126BN5/c1-114(2,3)86-54-82(55-87(67-86)115(4,5)6)99-62-80(77-44-42-75(74-124)43-45-77)63-100(83-56-88(116(7,8)9)68-89(57-83)117(10,11)12)112(99)127-107-66-79(76-36-30-29-31-37-76)48-52-103(107)123-104-53-51-96(126-105-40-34-32-38-97(105)98-39-33-35-41-106(98)126)73-108(104)128(110-72-94(122(25,26)27)71-109(127)111(110)123)113-101(84-58-90(118(13,14)15)69-91(59-84)119(16,17)18)64-81(78-46-49-95(125-28)50-47-78)65-102(113)85-60-92(120(19,20)21)70-93(61-85)121(22,23)24/h29-73H,1-27H3. The first-order chi connectivity index (χ1) is 60.0. The first-order valence-electron chi connectivity index (χ1n) is 46.1. The minimum atomic E-state index is -0.454. The van der Waals surface area contributed by atoms with Crippen LogP contribution in [0.25, 0.3) is 110 Å². The smallest absolute Gasteiger partial charge is 0.252 e. The number of nitriles is 1. The van der Waals surface area contributed by atoms with Gasteiger partial charge in [0.05, 0.1) is 40.6 Å². The van der Waals surface area contributed by atoms with Crippen LogP contribution in [0.15, 0.2) is 273 Å². The molecule has 0 fully saturated rings. The molecule has 1 aromatic heterocycles. The van der Waals surface area contributed by atoms with E-state index in [1.165, 1.54) is 77.2 Å². The summed E-state index contributed by atoms with van der Waals surface area (Å²) in [5, 5.41) is 13.0. The number of fused-ring (bicyclic) bond motifs is 7.